The first kappa shape index (κ1) is 19.7. The quantitative estimate of drug-likeness (QED) is 0.541. The Balaban J connectivity index is 1.77. The number of benzene rings is 1. The summed E-state index contributed by atoms with van der Waals surface area (Å²) in [4.78, 5) is 4.94. The highest BCUT2D eigenvalue weighted by atomic mass is 32.2. The third-order valence-electron chi connectivity index (χ3n) is 4.15. The molecule has 0 aliphatic carbocycles. The summed E-state index contributed by atoms with van der Waals surface area (Å²) in [5.74, 6) is 0.813. The van der Waals surface area contributed by atoms with E-state index in [0.717, 1.165) is 63.4 Å². The Morgan fingerprint density at radius 3 is 2.64 bits per heavy atom. The van der Waals surface area contributed by atoms with E-state index in [2.05, 4.69) is 15.6 Å². The first-order valence-corrected chi connectivity index (χ1v) is 10.8. The van der Waals surface area contributed by atoms with Crippen molar-refractivity contribution in [3.8, 4) is 0 Å². The van der Waals surface area contributed by atoms with Crippen LogP contribution < -0.4 is 10.6 Å². The lowest BCUT2D eigenvalue weighted by molar-refractivity contribution is 0.106. The maximum Gasteiger partial charge on any atom is 0.191 e. The standard InChI is InChI=1S/C18H29N3O3S/c1-3-19-18(21-13-11-16-5-4-14-24-16)20-12-10-15-6-8-17(9-7-15)25(2,22)23/h6-9,16H,3-5,10-14H2,1-2H3,(H2,19,20,21). The van der Waals surface area contributed by atoms with E-state index in [1.165, 1.54) is 6.26 Å². The summed E-state index contributed by atoms with van der Waals surface area (Å²) in [5, 5.41) is 6.56. The van der Waals surface area contributed by atoms with E-state index in [1.807, 2.05) is 19.1 Å². The molecule has 1 aromatic rings. The van der Waals surface area contributed by atoms with E-state index in [1.54, 1.807) is 12.1 Å². The van der Waals surface area contributed by atoms with Gasteiger partial charge in [-0.2, -0.15) is 0 Å². The topological polar surface area (TPSA) is 79.8 Å². The summed E-state index contributed by atoms with van der Waals surface area (Å²) in [5.41, 5.74) is 1.09. The van der Waals surface area contributed by atoms with E-state index in [4.69, 9.17) is 4.74 Å². The fraction of sp³-hybridized carbons (Fsp3) is 0.611. The Labute approximate surface area is 151 Å². The van der Waals surface area contributed by atoms with Gasteiger partial charge in [-0.05, 0) is 50.3 Å². The van der Waals surface area contributed by atoms with Crippen molar-refractivity contribution < 1.29 is 13.2 Å². The SMILES string of the molecule is CCNC(=NCCC1CCCO1)NCCc1ccc(S(C)(=O)=O)cc1. The number of hydrogen-bond acceptors (Lipinski definition) is 4. The van der Waals surface area contributed by atoms with Gasteiger partial charge in [-0.3, -0.25) is 4.99 Å². The zero-order valence-electron chi connectivity index (χ0n) is 15.1. The molecule has 0 saturated carbocycles. The Hall–Kier alpha value is -1.60. The molecule has 1 unspecified atom stereocenters. The number of nitrogens with zero attached hydrogens (tertiary/aromatic N) is 1. The van der Waals surface area contributed by atoms with Crippen LogP contribution >= 0.6 is 0 Å². The highest BCUT2D eigenvalue weighted by Crippen LogP contribution is 2.15. The molecule has 1 aromatic carbocycles. The highest BCUT2D eigenvalue weighted by molar-refractivity contribution is 7.90. The van der Waals surface area contributed by atoms with Gasteiger partial charge in [0.25, 0.3) is 0 Å². The second kappa shape index (κ2) is 9.77. The van der Waals surface area contributed by atoms with Crippen LogP contribution in [0.4, 0.5) is 0 Å². The second-order valence-corrected chi connectivity index (χ2v) is 8.29. The van der Waals surface area contributed by atoms with Crippen molar-refractivity contribution in [3.63, 3.8) is 0 Å². The van der Waals surface area contributed by atoms with Crippen LogP contribution in [0, 0.1) is 0 Å². The number of hydrogen-bond donors (Lipinski definition) is 2. The van der Waals surface area contributed by atoms with Crippen molar-refractivity contribution in [2.75, 3.05) is 32.5 Å². The number of aliphatic imine (C=N–C) groups is 1. The molecule has 0 amide bonds. The van der Waals surface area contributed by atoms with Crippen LogP contribution in [0.15, 0.2) is 34.2 Å². The van der Waals surface area contributed by atoms with Crippen LogP contribution in [-0.4, -0.2) is 53.0 Å². The minimum Gasteiger partial charge on any atom is -0.378 e. The molecule has 0 spiro atoms. The van der Waals surface area contributed by atoms with E-state index in [0.29, 0.717) is 11.0 Å². The molecule has 7 heteroatoms. The number of sulfone groups is 1. The minimum atomic E-state index is -3.13. The van der Waals surface area contributed by atoms with Gasteiger partial charge in [0, 0.05) is 32.5 Å². The van der Waals surface area contributed by atoms with Crippen LogP contribution in [0.3, 0.4) is 0 Å². The summed E-state index contributed by atoms with van der Waals surface area (Å²) >= 11 is 0. The molecule has 6 nitrogen and oxygen atoms in total. The van der Waals surface area contributed by atoms with Gasteiger partial charge in [-0.25, -0.2) is 8.42 Å². The second-order valence-electron chi connectivity index (χ2n) is 6.28. The number of guanidine groups is 1. The van der Waals surface area contributed by atoms with Crippen LogP contribution in [0.25, 0.3) is 0 Å². The third-order valence-corrected chi connectivity index (χ3v) is 5.28. The maximum atomic E-state index is 11.5. The molecule has 1 saturated heterocycles. The van der Waals surface area contributed by atoms with Crippen molar-refractivity contribution in [3.05, 3.63) is 29.8 Å². The Bertz CT molecular complexity index is 651. The first-order chi connectivity index (χ1) is 12.0. The minimum absolute atomic E-state index is 0.355. The highest BCUT2D eigenvalue weighted by Gasteiger charge is 2.14. The van der Waals surface area contributed by atoms with Crippen LogP contribution in [0.5, 0.6) is 0 Å². The number of rotatable bonds is 8. The Morgan fingerprint density at radius 2 is 2.04 bits per heavy atom. The number of ether oxygens (including phenoxy) is 1. The average molecular weight is 368 g/mol. The molecule has 1 aliphatic rings. The van der Waals surface area contributed by atoms with Crippen LogP contribution in [0.2, 0.25) is 0 Å². The van der Waals surface area contributed by atoms with Gasteiger partial charge in [0.2, 0.25) is 0 Å². The van der Waals surface area contributed by atoms with Crippen LogP contribution in [-0.2, 0) is 21.0 Å². The molecule has 0 bridgehead atoms. The van der Waals surface area contributed by atoms with E-state index < -0.39 is 9.84 Å². The van der Waals surface area contributed by atoms with Crippen molar-refractivity contribution in [1.82, 2.24) is 10.6 Å². The summed E-state index contributed by atoms with van der Waals surface area (Å²) in [6.45, 7) is 5.23. The monoisotopic (exact) mass is 367 g/mol. The average Bonchev–Trinajstić information content (AvgIpc) is 3.08. The van der Waals surface area contributed by atoms with Gasteiger partial charge in [-0.15, -0.1) is 0 Å². The molecular formula is C18H29N3O3S. The molecule has 2 N–H and O–H groups in total. The molecule has 0 radical (unpaired) electrons. The fourth-order valence-corrected chi connectivity index (χ4v) is 3.39. The van der Waals surface area contributed by atoms with Gasteiger partial charge < -0.3 is 15.4 Å². The lowest BCUT2D eigenvalue weighted by Crippen LogP contribution is -2.38. The first-order valence-electron chi connectivity index (χ1n) is 8.92. The summed E-state index contributed by atoms with van der Waals surface area (Å²) in [7, 11) is -3.13. The van der Waals surface area contributed by atoms with Gasteiger partial charge in [0.15, 0.2) is 15.8 Å². The van der Waals surface area contributed by atoms with Gasteiger partial charge >= 0.3 is 0 Å². The van der Waals surface area contributed by atoms with E-state index >= 15 is 0 Å². The predicted octanol–water partition coefficient (Wildman–Crippen LogP) is 1.76. The molecule has 1 fully saturated rings. The van der Waals surface area contributed by atoms with Gasteiger partial charge in [0.1, 0.15) is 0 Å². The fourth-order valence-electron chi connectivity index (χ4n) is 2.76. The predicted molar refractivity (Wildman–Crippen MR) is 101 cm³/mol. The zero-order valence-corrected chi connectivity index (χ0v) is 15.9. The van der Waals surface area contributed by atoms with Crippen molar-refractivity contribution in [2.24, 2.45) is 4.99 Å². The largest absolute Gasteiger partial charge is 0.378 e. The molecule has 1 aliphatic heterocycles. The molecule has 25 heavy (non-hydrogen) atoms. The van der Waals surface area contributed by atoms with Crippen molar-refractivity contribution >= 4 is 15.8 Å². The third kappa shape index (κ3) is 7.04. The lowest BCUT2D eigenvalue weighted by Gasteiger charge is -2.12. The van der Waals surface area contributed by atoms with E-state index in [9.17, 15) is 8.42 Å². The smallest absolute Gasteiger partial charge is 0.191 e. The molecule has 1 atom stereocenters. The molecule has 2 rings (SSSR count). The molecule has 1 heterocycles. The normalized spacial score (nSPS) is 18.3. The molecule has 0 aromatic heterocycles. The summed E-state index contributed by atoms with van der Waals surface area (Å²) < 4.78 is 28.6. The molecular weight excluding hydrogens is 338 g/mol. The Morgan fingerprint density at radius 1 is 1.28 bits per heavy atom. The lowest BCUT2D eigenvalue weighted by atomic mass is 10.1. The molecule has 140 valence electrons. The van der Waals surface area contributed by atoms with Crippen molar-refractivity contribution in [1.29, 1.82) is 0 Å². The Kier molecular flexibility index (Phi) is 7.71. The summed E-state index contributed by atoms with van der Waals surface area (Å²) in [6.07, 6.45) is 5.65. The van der Waals surface area contributed by atoms with E-state index in [-0.39, 0.29) is 0 Å². The van der Waals surface area contributed by atoms with Gasteiger partial charge in [-0.1, -0.05) is 12.1 Å². The van der Waals surface area contributed by atoms with Crippen molar-refractivity contribution in [2.45, 2.75) is 43.6 Å². The zero-order chi connectivity index (χ0) is 18.1. The van der Waals surface area contributed by atoms with Gasteiger partial charge in [0.05, 0.1) is 11.0 Å². The number of nitrogens with one attached hydrogen (secondary N) is 2. The summed E-state index contributed by atoms with van der Waals surface area (Å²) in [6, 6.07) is 7.04. The van der Waals surface area contributed by atoms with Crippen LogP contribution in [0.1, 0.15) is 31.7 Å². The maximum absolute atomic E-state index is 11.5.